The molecule has 8 heteroatoms. The number of aliphatic carboxylic acids is 1. The average Bonchev–Trinajstić information content (AvgIpc) is 2.86. The van der Waals surface area contributed by atoms with Gasteiger partial charge in [0, 0.05) is 56.5 Å². The van der Waals surface area contributed by atoms with E-state index >= 15 is 0 Å². The number of hydrogen-bond donors (Lipinski definition) is 2. The van der Waals surface area contributed by atoms with E-state index in [1.54, 1.807) is 13.3 Å². The molecule has 3 aliphatic heterocycles. The van der Waals surface area contributed by atoms with Crippen LogP contribution in [0.2, 0.25) is 0 Å². The lowest BCUT2D eigenvalue weighted by Crippen LogP contribution is -2.65. The standard InChI is InChI=1S/C27H37N3O5/c1-34-21-3-4-25-23(14-21)22(6-10-28-25)26(31)5-2-18-7-11-29(17-24(18)27(32)33)20-15-30(16-20)19-8-12-35-13-9-19/h3-4,6,10,14,18-20,24,26,31H,2,5,7-9,11-13,15-17H2,1H3,(H,32,33)/t18-,24+,26?/m1/s1. The molecule has 3 aliphatic rings. The van der Waals surface area contributed by atoms with Gasteiger partial charge >= 0.3 is 5.97 Å². The molecule has 1 unspecified atom stereocenters. The second-order valence-corrected chi connectivity index (χ2v) is 10.3. The average molecular weight is 484 g/mol. The van der Waals surface area contributed by atoms with E-state index in [0.717, 1.165) is 74.3 Å². The quantitative estimate of drug-likeness (QED) is 0.592. The predicted octanol–water partition coefficient (Wildman–Crippen LogP) is 2.94. The molecule has 3 saturated heterocycles. The largest absolute Gasteiger partial charge is 0.497 e. The number of carbonyl (C=O) groups is 1. The molecule has 3 atom stereocenters. The van der Waals surface area contributed by atoms with Gasteiger partial charge in [-0.2, -0.15) is 0 Å². The molecule has 3 fully saturated rings. The van der Waals surface area contributed by atoms with Crippen LogP contribution in [0, 0.1) is 11.8 Å². The lowest BCUT2D eigenvalue weighted by Gasteiger charge is -2.52. The number of methoxy groups -OCH3 is 1. The number of carboxylic acids is 1. The Bertz CT molecular complexity index is 1020. The van der Waals surface area contributed by atoms with Crippen molar-refractivity contribution < 1.29 is 24.5 Å². The minimum atomic E-state index is -0.714. The van der Waals surface area contributed by atoms with Crippen molar-refractivity contribution in [1.82, 2.24) is 14.8 Å². The third-order valence-electron chi connectivity index (χ3n) is 8.37. The third-order valence-corrected chi connectivity index (χ3v) is 8.37. The van der Waals surface area contributed by atoms with Crippen molar-refractivity contribution in [2.75, 3.05) is 46.5 Å². The number of fused-ring (bicyclic) bond motifs is 1. The maximum Gasteiger partial charge on any atom is 0.308 e. The van der Waals surface area contributed by atoms with Crippen LogP contribution in [0.1, 0.15) is 43.8 Å². The number of likely N-dealkylation sites (tertiary alicyclic amines) is 2. The molecule has 0 spiro atoms. The number of rotatable bonds is 8. The monoisotopic (exact) mass is 483 g/mol. The number of aliphatic hydroxyl groups is 1. The van der Waals surface area contributed by atoms with Crippen LogP contribution in [0.25, 0.3) is 10.9 Å². The van der Waals surface area contributed by atoms with Gasteiger partial charge in [0.15, 0.2) is 0 Å². The number of nitrogens with zero attached hydrogens (tertiary/aromatic N) is 3. The third kappa shape index (κ3) is 5.31. The summed E-state index contributed by atoms with van der Waals surface area (Å²) in [7, 11) is 1.62. The lowest BCUT2D eigenvalue weighted by molar-refractivity contribution is -0.148. The van der Waals surface area contributed by atoms with E-state index in [1.807, 2.05) is 24.3 Å². The number of aliphatic hydroxyl groups excluding tert-OH is 1. The van der Waals surface area contributed by atoms with Crippen LogP contribution in [0.4, 0.5) is 0 Å². The zero-order valence-electron chi connectivity index (χ0n) is 20.5. The molecule has 0 bridgehead atoms. The van der Waals surface area contributed by atoms with Crippen molar-refractivity contribution in [3.63, 3.8) is 0 Å². The maximum atomic E-state index is 12.2. The second kappa shape index (κ2) is 10.8. The first-order valence-electron chi connectivity index (χ1n) is 12.9. The summed E-state index contributed by atoms with van der Waals surface area (Å²) >= 11 is 0. The van der Waals surface area contributed by atoms with Gasteiger partial charge in [-0.1, -0.05) is 0 Å². The van der Waals surface area contributed by atoms with E-state index in [9.17, 15) is 15.0 Å². The van der Waals surface area contributed by atoms with E-state index in [4.69, 9.17) is 9.47 Å². The fraction of sp³-hybridized carbons (Fsp3) is 0.630. The van der Waals surface area contributed by atoms with Gasteiger partial charge in [-0.25, -0.2) is 0 Å². The summed E-state index contributed by atoms with van der Waals surface area (Å²) in [5.41, 5.74) is 1.63. The molecule has 4 heterocycles. The molecule has 8 nitrogen and oxygen atoms in total. The van der Waals surface area contributed by atoms with Gasteiger partial charge in [-0.05, 0) is 74.4 Å². The van der Waals surface area contributed by atoms with Gasteiger partial charge in [0.25, 0.3) is 0 Å². The highest BCUT2D eigenvalue weighted by molar-refractivity contribution is 5.83. The molecule has 0 radical (unpaired) electrons. The van der Waals surface area contributed by atoms with Gasteiger partial charge in [0.1, 0.15) is 5.75 Å². The van der Waals surface area contributed by atoms with Crippen LogP contribution in [-0.2, 0) is 9.53 Å². The minimum Gasteiger partial charge on any atom is -0.497 e. The first kappa shape index (κ1) is 24.4. The Kier molecular flexibility index (Phi) is 7.53. The van der Waals surface area contributed by atoms with Crippen molar-refractivity contribution in [2.24, 2.45) is 11.8 Å². The number of hydrogen-bond acceptors (Lipinski definition) is 7. The molecule has 190 valence electrons. The maximum absolute atomic E-state index is 12.2. The summed E-state index contributed by atoms with van der Waals surface area (Å²) in [6, 6.07) is 8.60. The SMILES string of the molecule is COc1ccc2nccc(C(O)CC[C@@H]3CCN(C4CN(C5CCOCC5)C4)C[C@@H]3C(=O)O)c2c1. The Morgan fingerprint density at radius 1 is 1.14 bits per heavy atom. The molecule has 35 heavy (non-hydrogen) atoms. The number of carboxylic acid groups (broad SMARTS) is 1. The topological polar surface area (TPSA) is 95.4 Å². The molecule has 0 amide bonds. The van der Waals surface area contributed by atoms with E-state index < -0.39 is 12.1 Å². The highest BCUT2D eigenvalue weighted by atomic mass is 16.5. The van der Waals surface area contributed by atoms with Gasteiger partial charge in [0.2, 0.25) is 0 Å². The number of piperidine rings is 1. The normalized spacial score (nSPS) is 25.9. The zero-order valence-corrected chi connectivity index (χ0v) is 20.5. The Balaban J connectivity index is 1.17. The van der Waals surface area contributed by atoms with Crippen LogP contribution < -0.4 is 4.74 Å². The van der Waals surface area contributed by atoms with Crippen molar-refractivity contribution in [2.45, 2.75) is 50.3 Å². The summed E-state index contributed by atoms with van der Waals surface area (Å²) in [5, 5.41) is 21.9. The molecule has 2 N–H and O–H groups in total. The smallest absolute Gasteiger partial charge is 0.308 e. The first-order valence-corrected chi connectivity index (χ1v) is 12.9. The van der Waals surface area contributed by atoms with Gasteiger partial charge in [0.05, 0.1) is 24.6 Å². The highest BCUT2D eigenvalue weighted by Gasteiger charge is 2.41. The molecular formula is C27H37N3O5. The summed E-state index contributed by atoms with van der Waals surface area (Å²) < 4.78 is 10.8. The molecule has 5 rings (SSSR count). The summed E-state index contributed by atoms with van der Waals surface area (Å²) in [4.78, 5) is 21.5. The summed E-state index contributed by atoms with van der Waals surface area (Å²) in [6.07, 6.45) is 5.35. The number of pyridine rings is 1. The first-order chi connectivity index (χ1) is 17.0. The minimum absolute atomic E-state index is 0.0766. The van der Waals surface area contributed by atoms with Gasteiger partial charge in [-0.3, -0.25) is 19.6 Å². The molecule has 1 aromatic heterocycles. The molecule has 0 aliphatic carbocycles. The fourth-order valence-electron chi connectivity index (χ4n) is 6.14. The Hall–Kier alpha value is -2.26. The van der Waals surface area contributed by atoms with E-state index in [-0.39, 0.29) is 11.8 Å². The van der Waals surface area contributed by atoms with Crippen LogP contribution >= 0.6 is 0 Å². The molecule has 2 aromatic rings. The van der Waals surface area contributed by atoms with E-state index in [2.05, 4.69) is 14.8 Å². The van der Waals surface area contributed by atoms with Crippen molar-refractivity contribution >= 4 is 16.9 Å². The Morgan fingerprint density at radius 2 is 1.94 bits per heavy atom. The highest BCUT2D eigenvalue weighted by Crippen LogP contribution is 2.35. The predicted molar refractivity (Wildman–Crippen MR) is 132 cm³/mol. The number of ether oxygens (including phenoxy) is 2. The molecular weight excluding hydrogens is 446 g/mol. The van der Waals surface area contributed by atoms with Crippen LogP contribution in [-0.4, -0.2) is 89.6 Å². The van der Waals surface area contributed by atoms with E-state index in [0.29, 0.717) is 31.5 Å². The summed E-state index contributed by atoms with van der Waals surface area (Å²) in [5.74, 6) is -0.299. The van der Waals surface area contributed by atoms with Crippen molar-refractivity contribution in [3.05, 3.63) is 36.0 Å². The van der Waals surface area contributed by atoms with Crippen LogP contribution in [0.5, 0.6) is 5.75 Å². The number of benzene rings is 1. The summed E-state index contributed by atoms with van der Waals surface area (Å²) in [6.45, 7) is 5.34. The second-order valence-electron chi connectivity index (χ2n) is 10.3. The van der Waals surface area contributed by atoms with Gasteiger partial charge < -0.3 is 19.7 Å². The van der Waals surface area contributed by atoms with Crippen LogP contribution in [0.3, 0.4) is 0 Å². The Labute approximate surface area is 206 Å². The van der Waals surface area contributed by atoms with Gasteiger partial charge in [-0.15, -0.1) is 0 Å². The van der Waals surface area contributed by atoms with Crippen LogP contribution in [0.15, 0.2) is 30.5 Å². The van der Waals surface area contributed by atoms with Crippen molar-refractivity contribution in [1.29, 1.82) is 0 Å². The lowest BCUT2D eigenvalue weighted by atomic mass is 9.80. The Morgan fingerprint density at radius 3 is 2.69 bits per heavy atom. The fourth-order valence-corrected chi connectivity index (χ4v) is 6.14. The zero-order chi connectivity index (χ0) is 24.4. The van der Waals surface area contributed by atoms with E-state index in [1.165, 1.54) is 0 Å². The molecule has 1 aromatic carbocycles. The number of aromatic nitrogens is 1. The van der Waals surface area contributed by atoms with Crippen molar-refractivity contribution in [3.8, 4) is 5.75 Å². The molecule has 0 saturated carbocycles.